The molecule has 0 aromatic carbocycles. The Morgan fingerprint density at radius 3 is 2.58 bits per heavy atom. The van der Waals surface area contributed by atoms with Gasteiger partial charge in [-0.2, -0.15) is 0 Å². The van der Waals surface area contributed by atoms with Gasteiger partial charge in [-0.25, -0.2) is 9.78 Å². The molecule has 1 amide bonds. The van der Waals surface area contributed by atoms with E-state index in [9.17, 15) is 4.79 Å². The van der Waals surface area contributed by atoms with Crippen molar-refractivity contribution in [3.8, 4) is 11.6 Å². The van der Waals surface area contributed by atoms with Crippen molar-refractivity contribution in [3.63, 3.8) is 0 Å². The number of nitrogens with two attached hydrogens (primary N) is 1. The molecule has 136 valence electrons. The first-order chi connectivity index (χ1) is 11.4. The van der Waals surface area contributed by atoms with E-state index in [1.165, 1.54) is 7.11 Å². The second-order valence-electron chi connectivity index (χ2n) is 5.56. The van der Waals surface area contributed by atoms with Crippen LogP contribution in [0.4, 0.5) is 4.79 Å². The van der Waals surface area contributed by atoms with Gasteiger partial charge in [0, 0.05) is 26.6 Å². The lowest BCUT2D eigenvalue weighted by Gasteiger charge is -2.21. The van der Waals surface area contributed by atoms with Gasteiger partial charge in [-0.3, -0.25) is 0 Å². The third kappa shape index (κ3) is 6.52. The first-order valence-electron chi connectivity index (χ1n) is 7.70. The highest BCUT2D eigenvalue weighted by Gasteiger charge is 2.21. The highest BCUT2D eigenvalue weighted by Crippen LogP contribution is 2.31. The van der Waals surface area contributed by atoms with Crippen LogP contribution >= 0.6 is 15.9 Å². The average molecular weight is 405 g/mol. The van der Waals surface area contributed by atoms with Crippen LogP contribution in [-0.4, -0.2) is 44.6 Å². The van der Waals surface area contributed by atoms with Gasteiger partial charge in [0.2, 0.25) is 0 Å². The Balaban J connectivity index is 2.94. The van der Waals surface area contributed by atoms with E-state index in [1.54, 1.807) is 7.11 Å². The summed E-state index contributed by atoms with van der Waals surface area (Å²) in [5.74, 6) is 1.03. The molecule has 1 heterocycles. The monoisotopic (exact) mass is 404 g/mol. The van der Waals surface area contributed by atoms with E-state index in [0.717, 1.165) is 12.0 Å². The molecule has 0 aliphatic carbocycles. The number of carbonyl (C=O) groups excluding carboxylic acids is 1. The lowest BCUT2D eigenvalue weighted by molar-refractivity contribution is 0.0785. The fourth-order valence-electron chi connectivity index (χ4n) is 2.05. The zero-order valence-electron chi connectivity index (χ0n) is 14.5. The number of rotatable bonds is 10. The molecule has 0 saturated heterocycles. The normalized spacial score (nSPS) is 12.1. The number of methoxy groups -OCH3 is 2. The quantitative estimate of drug-likeness (QED) is 0.475. The smallest absolute Gasteiger partial charge is 0.404 e. The van der Waals surface area contributed by atoms with Gasteiger partial charge in [0.05, 0.1) is 13.7 Å². The van der Waals surface area contributed by atoms with Crippen molar-refractivity contribution < 1.29 is 23.7 Å². The highest BCUT2D eigenvalue weighted by atomic mass is 79.9. The van der Waals surface area contributed by atoms with E-state index in [4.69, 9.17) is 24.7 Å². The number of nitrogens with zero attached hydrogens (tertiary/aromatic N) is 1. The van der Waals surface area contributed by atoms with Gasteiger partial charge in [0.15, 0.2) is 5.75 Å². The average Bonchev–Trinajstić information content (AvgIpc) is 2.52. The summed E-state index contributed by atoms with van der Waals surface area (Å²) in [6.45, 7) is 5.01. The predicted molar refractivity (Wildman–Crippen MR) is 93.5 cm³/mol. The lowest BCUT2D eigenvalue weighted by Crippen LogP contribution is -2.29. The lowest BCUT2D eigenvalue weighted by atomic mass is 10.00. The molecule has 0 spiro atoms. The maximum atomic E-state index is 11.1. The number of pyridine rings is 1. The fraction of sp³-hybridized carbons (Fsp3) is 0.625. The van der Waals surface area contributed by atoms with E-state index < -0.39 is 6.09 Å². The van der Waals surface area contributed by atoms with Gasteiger partial charge in [0.25, 0.3) is 5.88 Å². The number of hydrogen-bond donors (Lipinski definition) is 1. The molecule has 2 N–H and O–H groups in total. The minimum Gasteiger partial charge on any atom is -0.488 e. The number of halogens is 1. The van der Waals surface area contributed by atoms with Gasteiger partial charge in [-0.15, -0.1) is 0 Å². The zero-order chi connectivity index (χ0) is 18.1. The van der Waals surface area contributed by atoms with Crippen molar-refractivity contribution in [2.75, 3.05) is 27.4 Å². The van der Waals surface area contributed by atoms with E-state index in [-0.39, 0.29) is 12.0 Å². The van der Waals surface area contributed by atoms with Crippen LogP contribution in [-0.2, 0) is 15.9 Å². The number of primary amides is 1. The SMILES string of the molecule is COCCCOc1cc(CC(OC(N)=O)C(C)C)c(Br)nc1OC. The maximum absolute atomic E-state index is 11.1. The molecular weight excluding hydrogens is 380 g/mol. The summed E-state index contributed by atoms with van der Waals surface area (Å²) in [5.41, 5.74) is 5.99. The Labute approximate surface area is 150 Å². The minimum absolute atomic E-state index is 0.109. The number of hydrogen-bond acceptors (Lipinski definition) is 6. The largest absolute Gasteiger partial charge is 0.488 e. The van der Waals surface area contributed by atoms with Crippen molar-refractivity contribution in [2.45, 2.75) is 32.8 Å². The number of carbonyl (C=O) groups is 1. The van der Waals surface area contributed by atoms with Gasteiger partial charge >= 0.3 is 6.09 Å². The van der Waals surface area contributed by atoms with E-state index >= 15 is 0 Å². The maximum Gasteiger partial charge on any atom is 0.404 e. The Morgan fingerprint density at radius 2 is 2.04 bits per heavy atom. The van der Waals surface area contributed by atoms with Crippen molar-refractivity contribution in [2.24, 2.45) is 11.7 Å². The number of amides is 1. The summed E-state index contributed by atoms with van der Waals surface area (Å²) in [7, 11) is 3.17. The number of ether oxygens (including phenoxy) is 4. The van der Waals surface area contributed by atoms with E-state index in [2.05, 4.69) is 20.9 Å². The van der Waals surface area contributed by atoms with Gasteiger partial charge in [0.1, 0.15) is 10.7 Å². The molecule has 1 unspecified atom stereocenters. The first kappa shape index (κ1) is 20.5. The molecular formula is C16H25BrN2O5. The summed E-state index contributed by atoms with van der Waals surface area (Å²) in [5, 5.41) is 0. The zero-order valence-corrected chi connectivity index (χ0v) is 16.1. The van der Waals surface area contributed by atoms with Crippen LogP contribution < -0.4 is 15.2 Å². The van der Waals surface area contributed by atoms with Crippen LogP contribution in [0.15, 0.2) is 10.7 Å². The Bertz CT molecular complexity index is 539. The molecule has 0 aliphatic heterocycles. The van der Waals surface area contributed by atoms with Crippen molar-refractivity contribution in [1.29, 1.82) is 0 Å². The first-order valence-corrected chi connectivity index (χ1v) is 8.49. The van der Waals surface area contributed by atoms with Crippen molar-refractivity contribution >= 4 is 22.0 Å². The van der Waals surface area contributed by atoms with Crippen LogP contribution in [0.1, 0.15) is 25.8 Å². The van der Waals surface area contributed by atoms with Gasteiger partial charge in [-0.05, 0) is 33.5 Å². The van der Waals surface area contributed by atoms with Crippen molar-refractivity contribution in [3.05, 3.63) is 16.2 Å². The summed E-state index contributed by atoms with van der Waals surface area (Å²) in [4.78, 5) is 15.4. The fourth-order valence-corrected chi connectivity index (χ4v) is 2.49. The van der Waals surface area contributed by atoms with Gasteiger partial charge in [-0.1, -0.05) is 13.8 Å². The predicted octanol–water partition coefficient (Wildman–Crippen LogP) is 2.93. The van der Waals surface area contributed by atoms with E-state index in [1.807, 2.05) is 19.9 Å². The van der Waals surface area contributed by atoms with Crippen LogP contribution in [0, 0.1) is 5.92 Å². The topological polar surface area (TPSA) is 92.9 Å². The van der Waals surface area contributed by atoms with E-state index in [0.29, 0.717) is 35.9 Å². The van der Waals surface area contributed by atoms with Crippen LogP contribution in [0.5, 0.6) is 11.6 Å². The molecule has 0 fully saturated rings. The Hall–Kier alpha value is -1.54. The molecule has 7 nitrogen and oxygen atoms in total. The molecule has 0 bridgehead atoms. The molecule has 8 heteroatoms. The third-order valence-electron chi connectivity index (χ3n) is 3.36. The van der Waals surface area contributed by atoms with Crippen molar-refractivity contribution in [1.82, 2.24) is 4.98 Å². The molecule has 0 radical (unpaired) electrons. The second-order valence-corrected chi connectivity index (χ2v) is 6.32. The Kier molecular flexibility index (Phi) is 8.84. The molecule has 1 aromatic rings. The van der Waals surface area contributed by atoms with Gasteiger partial charge < -0.3 is 24.7 Å². The van der Waals surface area contributed by atoms with Crippen LogP contribution in [0.25, 0.3) is 0 Å². The molecule has 24 heavy (non-hydrogen) atoms. The Morgan fingerprint density at radius 1 is 1.33 bits per heavy atom. The number of aromatic nitrogens is 1. The molecule has 1 rings (SSSR count). The molecule has 1 atom stereocenters. The summed E-state index contributed by atoms with van der Waals surface area (Å²) < 4.78 is 21.8. The molecule has 0 saturated carbocycles. The second kappa shape index (κ2) is 10.4. The third-order valence-corrected chi connectivity index (χ3v) is 4.04. The van der Waals surface area contributed by atoms with Crippen LogP contribution in [0.3, 0.4) is 0 Å². The summed E-state index contributed by atoms with van der Waals surface area (Å²) in [6.07, 6.45) is 0.0783. The highest BCUT2D eigenvalue weighted by molar-refractivity contribution is 9.10. The molecule has 0 aliphatic rings. The minimum atomic E-state index is -0.790. The summed E-state index contributed by atoms with van der Waals surface area (Å²) >= 11 is 3.42. The summed E-state index contributed by atoms with van der Waals surface area (Å²) in [6, 6.07) is 1.84. The van der Waals surface area contributed by atoms with Crippen LogP contribution in [0.2, 0.25) is 0 Å². The molecule has 1 aromatic heterocycles. The standard InChI is InChI=1S/C16H25BrN2O5/c1-10(2)12(24-16(18)20)8-11-9-13(23-7-5-6-21-3)15(22-4)19-14(11)17/h9-10,12H,5-8H2,1-4H3,(H2,18,20).